The highest BCUT2D eigenvalue weighted by atomic mass is 35.5. The van der Waals surface area contributed by atoms with Gasteiger partial charge >= 0.3 is 0 Å². The summed E-state index contributed by atoms with van der Waals surface area (Å²) in [5.41, 5.74) is 7.99. The van der Waals surface area contributed by atoms with Gasteiger partial charge in [0.15, 0.2) is 0 Å². The van der Waals surface area contributed by atoms with Crippen LogP contribution in [-0.2, 0) is 0 Å². The number of rotatable bonds is 5. The topological polar surface area (TPSA) is 83.8 Å². The van der Waals surface area contributed by atoms with E-state index >= 15 is 0 Å². The van der Waals surface area contributed by atoms with Crippen molar-refractivity contribution in [2.75, 3.05) is 6.54 Å². The molecule has 0 aliphatic heterocycles. The van der Waals surface area contributed by atoms with Gasteiger partial charge in [0.1, 0.15) is 0 Å². The van der Waals surface area contributed by atoms with Crippen LogP contribution in [0.1, 0.15) is 23.2 Å². The molecule has 0 saturated heterocycles. The summed E-state index contributed by atoms with van der Waals surface area (Å²) in [6.07, 6.45) is 3.85. The van der Waals surface area contributed by atoms with Crippen LogP contribution in [0.3, 0.4) is 0 Å². The quantitative estimate of drug-likeness (QED) is 0.792. The first kappa shape index (κ1) is 14.1. The van der Waals surface area contributed by atoms with Gasteiger partial charge in [-0.15, -0.1) is 0 Å². The van der Waals surface area contributed by atoms with E-state index in [0.717, 1.165) is 18.4 Å². The Bertz CT molecular complexity index is 651. The zero-order valence-corrected chi connectivity index (χ0v) is 12.2. The lowest BCUT2D eigenvalue weighted by Gasteiger charge is -2.11. The van der Waals surface area contributed by atoms with Crippen molar-refractivity contribution in [3.8, 4) is 11.3 Å². The van der Waals surface area contributed by atoms with Gasteiger partial charge in [0, 0.05) is 23.2 Å². The predicted molar refractivity (Wildman–Crippen MR) is 82.1 cm³/mol. The van der Waals surface area contributed by atoms with Gasteiger partial charge in [0.25, 0.3) is 5.91 Å². The summed E-state index contributed by atoms with van der Waals surface area (Å²) in [4.78, 5) is 12.3. The molecular formula is C15H17ClN4O. The number of nitrogens with zero attached hydrogens (tertiary/aromatic N) is 1. The SMILES string of the molecule is NC(CNC(=O)c1cn[nH]c1-c1cccc(Cl)c1)C1CC1. The van der Waals surface area contributed by atoms with Gasteiger partial charge in [0.2, 0.25) is 0 Å². The second-order valence-corrected chi connectivity index (χ2v) is 5.82. The maximum Gasteiger partial charge on any atom is 0.255 e. The van der Waals surface area contributed by atoms with E-state index in [0.29, 0.717) is 28.7 Å². The monoisotopic (exact) mass is 304 g/mol. The van der Waals surface area contributed by atoms with Gasteiger partial charge in [-0.05, 0) is 30.9 Å². The van der Waals surface area contributed by atoms with E-state index in [9.17, 15) is 4.79 Å². The minimum absolute atomic E-state index is 0.0375. The Labute approximate surface area is 127 Å². The number of aromatic nitrogens is 2. The second-order valence-electron chi connectivity index (χ2n) is 5.38. The Kier molecular flexibility index (Phi) is 3.94. The lowest BCUT2D eigenvalue weighted by molar-refractivity contribution is 0.0951. The molecule has 3 rings (SSSR count). The third kappa shape index (κ3) is 3.25. The number of carbonyl (C=O) groups excluding carboxylic acids is 1. The Morgan fingerprint density at radius 1 is 1.52 bits per heavy atom. The van der Waals surface area contributed by atoms with Crippen molar-refractivity contribution in [1.82, 2.24) is 15.5 Å². The molecule has 1 aromatic carbocycles. The van der Waals surface area contributed by atoms with E-state index in [2.05, 4.69) is 15.5 Å². The highest BCUT2D eigenvalue weighted by Gasteiger charge is 2.28. The minimum Gasteiger partial charge on any atom is -0.350 e. The van der Waals surface area contributed by atoms with Gasteiger partial charge in [-0.25, -0.2) is 0 Å². The number of benzene rings is 1. The average Bonchev–Trinajstić information content (AvgIpc) is 3.21. The molecule has 1 amide bonds. The van der Waals surface area contributed by atoms with E-state index in [4.69, 9.17) is 17.3 Å². The van der Waals surface area contributed by atoms with Crippen LogP contribution in [0.5, 0.6) is 0 Å². The molecule has 2 aromatic rings. The van der Waals surface area contributed by atoms with E-state index < -0.39 is 0 Å². The molecule has 1 heterocycles. The zero-order chi connectivity index (χ0) is 14.8. The standard InChI is InChI=1S/C15H17ClN4O/c16-11-3-1-2-10(6-11)14-12(7-19-20-14)15(21)18-8-13(17)9-4-5-9/h1-3,6-7,9,13H,4-5,8,17H2,(H,18,21)(H,19,20). The van der Waals surface area contributed by atoms with Gasteiger partial charge in [0.05, 0.1) is 17.5 Å². The summed E-state index contributed by atoms with van der Waals surface area (Å²) >= 11 is 5.99. The molecule has 1 unspecified atom stereocenters. The van der Waals surface area contributed by atoms with Gasteiger partial charge < -0.3 is 11.1 Å². The fraction of sp³-hybridized carbons (Fsp3) is 0.333. The Morgan fingerprint density at radius 3 is 3.05 bits per heavy atom. The van der Waals surface area contributed by atoms with Crippen LogP contribution in [0.2, 0.25) is 5.02 Å². The van der Waals surface area contributed by atoms with Crippen molar-refractivity contribution in [1.29, 1.82) is 0 Å². The lowest BCUT2D eigenvalue weighted by Crippen LogP contribution is -2.38. The second kappa shape index (κ2) is 5.87. The number of halogens is 1. The van der Waals surface area contributed by atoms with Gasteiger partial charge in [-0.1, -0.05) is 23.7 Å². The first-order valence-corrected chi connectivity index (χ1v) is 7.36. The van der Waals surface area contributed by atoms with E-state index in [1.807, 2.05) is 12.1 Å². The summed E-state index contributed by atoms with van der Waals surface area (Å²) in [6.45, 7) is 0.490. The van der Waals surface area contributed by atoms with Crippen LogP contribution in [0, 0.1) is 5.92 Å². The molecule has 1 atom stereocenters. The van der Waals surface area contributed by atoms with E-state index in [1.54, 1.807) is 12.1 Å². The molecule has 0 bridgehead atoms. The van der Waals surface area contributed by atoms with Crippen molar-refractivity contribution in [2.45, 2.75) is 18.9 Å². The van der Waals surface area contributed by atoms with Crippen molar-refractivity contribution < 1.29 is 4.79 Å². The molecule has 1 aliphatic rings. The van der Waals surface area contributed by atoms with Crippen LogP contribution in [0.4, 0.5) is 0 Å². The first-order chi connectivity index (χ1) is 10.1. The van der Waals surface area contributed by atoms with Crippen LogP contribution in [0.25, 0.3) is 11.3 Å². The van der Waals surface area contributed by atoms with E-state index in [-0.39, 0.29) is 11.9 Å². The molecule has 1 saturated carbocycles. The highest BCUT2D eigenvalue weighted by molar-refractivity contribution is 6.30. The molecule has 1 fully saturated rings. The fourth-order valence-corrected chi connectivity index (χ4v) is 2.51. The molecule has 21 heavy (non-hydrogen) atoms. The van der Waals surface area contributed by atoms with Gasteiger partial charge in [-0.2, -0.15) is 5.10 Å². The maximum absolute atomic E-state index is 12.3. The Hall–Kier alpha value is -1.85. The number of carbonyl (C=O) groups is 1. The molecule has 4 N–H and O–H groups in total. The number of hydrogen-bond donors (Lipinski definition) is 3. The van der Waals surface area contributed by atoms with Crippen molar-refractivity contribution >= 4 is 17.5 Å². The lowest BCUT2D eigenvalue weighted by atomic mass is 10.1. The molecule has 1 aromatic heterocycles. The van der Waals surface area contributed by atoms with Crippen molar-refractivity contribution in [3.05, 3.63) is 41.0 Å². The summed E-state index contributed by atoms with van der Waals surface area (Å²) in [7, 11) is 0. The zero-order valence-electron chi connectivity index (χ0n) is 11.5. The summed E-state index contributed by atoms with van der Waals surface area (Å²) < 4.78 is 0. The smallest absolute Gasteiger partial charge is 0.255 e. The van der Waals surface area contributed by atoms with Gasteiger partial charge in [-0.3, -0.25) is 9.89 Å². The van der Waals surface area contributed by atoms with E-state index in [1.165, 1.54) is 6.20 Å². The maximum atomic E-state index is 12.3. The molecule has 1 aliphatic carbocycles. The molecular weight excluding hydrogens is 288 g/mol. The first-order valence-electron chi connectivity index (χ1n) is 6.98. The number of hydrogen-bond acceptors (Lipinski definition) is 3. The molecule has 0 radical (unpaired) electrons. The molecule has 110 valence electrons. The van der Waals surface area contributed by atoms with Crippen LogP contribution < -0.4 is 11.1 Å². The summed E-state index contributed by atoms with van der Waals surface area (Å²) in [5, 5.41) is 10.3. The largest absolute Gasteiger partial charge is 0.350 e. The normalized spacial score (nSPS) is 15.7. The predicted octanol–water partition coefficient (Wildman–Crippen LogP) is 2.20. The van der Waals surface area contributed by atoms with Crippen LogP contribution in [0.15, 0.2) is 30.5 Å². The van der Waals surface area contributed by atoms with Crippen LogP contribution in [-0.4, -0.2) is 28.7 Å². The Balaban J connectivity index is 1.73. The third-order valence-electron chi connectivity index (χ3n) is 3.72. The number of H-pyrrole nitrogens is 1. The van der Waals surface area contributed by atoms with Crippen molar-refractivity contribution in [2.24, 2.45) is 11.7 Å². The molecule has 0 spiro atoms. The number of aromatic amines is 1. The van der Waals surface area contributed by atoms with Crippen molar-refractivity contribution in [3.63, 3.8) is 0 Å². The van der Waals surface area contributed by atoms with Crippen LogP contribution >= 0.6 is 11.6 Å². The fourth-order valence-electron chi connectivity index (χ4n) is 2.32. The number of amides is 1. The average molecular weight is 305 g/mol. The molecule has 5 nitrogen and oxygen atoms in total. The summed E-state index contributed by atoms with van der Waals surface area (Å²) in [5.74, 6) is 0.386. The Morgan fingerprint density at radius 2 is 2.33 bits per heavy atom. The minimum atomic E-state index is -0.171. The number of nitrogens with one attached hydrogen (secondary N) is 2. The molecule has 6 heteroatoms. The highest BCUT2D eigenvalue weighted by Crippen LogP contribution is 2.31. The number of nitrogens with two attached hydrogens (primary N) is 1. The summed E-state index contributed by atoms with van der Waals surface area (Å²) in [6, 6.07) is 7.34. The third-order valence-corrected chi connectivity index (χ3v) is 3.96.